The van der Waals surface area contributed by atoms with Gasteiger partial charge < -0.3 is 10.3 Å². The third-order valence-corrected chi connectivity index (χ3v) is 4.06. The number of amides is 1. The van der Waals surface area contributed by atoms with Crippen molar-refractivity contribution in [2.45, 2.75) is 45.6 Å². The van der Waals surface area contributed by atoms with Crippen molar-refractivity contribution in [1.82, 2.24) is 9.99 Å². The molecule has 1 aromatic heterocycles. The number of nitrogens with zero attached hydrogens (tertiary/aromatic N) is 1. The first-order valence-corrected chi connectivity index (χ1v) is 8.03. The van der Waals surface area contributed by atoms with Crippen LogP contribution in [0.25, 0.3) is 10.9 Å². The summed E-state index contributed by atoms with van der Waals surface area (Å²) in [5, 5.41) is 0.694. The van der Waals surface area contributed by atoms with Crippen molar-refractivity contribution in [3.63, 3.8) is 0 Å². The quantitative estimate of drug-likeness (QED) is 0.315. The number of nitrogen functional groups attached to an aromatic ring is 2. The first kappa shape index (κ1) is 17.0. The molecular formula is C17H24N4O2. The molecule has 0 unspecified atom stereocenters. The lowest BCUT2D eigenvalue weighted by Crippen LogP contribution is -2.37. The van der Waals surface area contributed by atoms with Gasteiger partial charge in [0, 0.05) is 11.9 Å². The highest BCUT2D eigenvalue weighted by Crippen LogP contribution is 2.22. The monoisotopic (exact) mass is 316 g/mol. The Morgan fingerprint density at radius 2 is 1.87 bits per heavy atom. The molecule has 6 nitrogen and oxygen atoms in total. The number of hydrogen-bond acceptors (Lipinski definition) is 4. The van der Waals surface area contributed by atoms with Crippen LogP contribution in [-0.4, -0.2) is 10.5 Å². The van der Waals surface area contributed by atoms with Crippen LogP contribution in [0, 0.1) is 0 Å². The number of aromatic nitrogens is 1. The van der Waals surface area contributed by atoms with Crippen molar-refractivity contribution in [3.8, 4) is 0 Å². The average Bonchev–Trinajstić information content (AvgIpc) is 2.57. The fourth-order valence-corrected chi connectivity index (χ4v) is 2.82. The number of hydrazine groups is 1. The summed E-state index contributed by atoms with van der Waals surface area (Å²) in [6, 6.07) is 7.35. The van der Waals surface area contributed by atoms with Crippen molar-refractivity contribution in [1.29, 1.82) is 0 Å². The van der Waals surface area contributed by atoms with Crippen molar-refractivity contribution >= 4 is 22.5 Å². The van der Waals surface area contributed by atoms with Gasteiger partial charge >= 0.3 is 0 Å². The predicted molar refractivity (Wildman–Crippen MR) is 93.0 cm³/mol. The molecule has 1 aromatic carbocycles. The second kappa shape index (κ2) is 7.78. The summed E-state index contributed by atoms with van der Waals surface area (Å²) in [7, 11) is 0. The van der Waals surface area contributed by atoms with Crippen LogP contribution in [0.5, 0.6) is 0 Å². The van der Waals surface area contributed by atoms with E-state index in [0.717, 1.165) is 24.8 Å². The molecule has 124 valence electrons. The number of carbonyl (C=O) groups excluding carboxylic acids is 1. The van der Waals surface area contributed by atoms with Gasteiger partial charge in [0.05, 0.1) is 11.2 Å². The molecule has 0 fully saturated rings. The zero-order chi connectivity index (χ0) is 16.8. The molecule has 5 N–H and O–H groups in total. The van der Waals surface area contributed by atoms with Gasteiger partial charge in [0.2, 0.25) is 0 Å². The van der Waals surface area contributed by atoms with Gasteiger partial charge in [-0.25, -0.2) is 5.84 Å². The molecule has 0 saturated heterocycles. The number of para-hydroxylation sites is 1. The number of nitrogens with one attached hydrogen (secondary N) is 1. The largest absolute Gasteiger partial charge is 0.397 e. The molecule has 2 rings (SSSR count). The molecule has 6 heteroatoms. The van der Waals surface area contributed by atoms with E-state index in [2.05, 4.69) is 6.92 Å². The molecule has 0 aliphatic rings. The highest BCUT2D eigenvalue weighted by Gasteiger charge is 2.19. The third kappa shape index (κ3) is 3.53. The summed E-state index contributed by atoms with van der Waals surface area (Å²) in [4.78, 5) is 24.6. The van der Waals surface area contributed by atoms with Gasteiger partial charge in [0.1, 0.15) is 5.56 Å². The number of unbranched alkanes of at least 4 members (excludes halogenated alkanes) is 4. The molecule has 1 amide bonds. The molecule has 0 aliphatic heterocycles. The fourth-order valence-electron chi connectivity index (χ4n) is 2.82. The Morgan fingerprint density at radius 3 is 2.57 bits per heavy atom. The predicted octanol–water partition coefficient (Wildman–Crippen LogP) is 2.16. The summed E-state index contributed by atoms with van der Waals surface area (Å²) in [5.41, 5.74) is 8.49. The van der Waals surface area contributed by atoms with E-state index in [1.54, 1.807) is 4.57 Å². The standard InChI is InChI=1S/C17H24N4O2/c1-2-3-4-5-8-11-21-13-10-7-6-9-12(13)15(18)14(17(21)23)16(22)20-19/h6-7,9-10H,2-5,8,11,18-19H2,1H3,(H,20,22). The van der Waals surface area contributed by atoms with Crippen LogP contribution in [0.15, 0.2) is 29.1 Å². The van der Waals surface area contributed by atoms with Crippen LogP contribution >= 0.6 is 0 Å². The minimum atomic E-state index is -0.655. The molecular weight excluding hydrogens is 292 g/mol. The van der Waals surface area contributed by atoms with Gasteiger partial charge in [-0.3, -0.25) is 15.0 Å². The maximum absolute atomic E-state index is 12.7. The Bertz CT molecular complexity index is 752. The van der Waals surface area contributed by atoms with Gasteiger partial charge in [0.25, 0.3) is 11.5 Å². The van der Waals surface area contributed by atoms with Gasteiger partial charge in [-0.1, -0.05) is 50.8 Å². The second-order valence-corrected chi connectivity index (χ2v) is 5.65. The summed E-state index contributed by atoms with van der Waals surface area (Å²) >= 11 is 0. The van der Waals surface area contributed by atoms with E-state index >= 15 is 0 Å². The fraction of sp³-hybridized carbons (Fsp3) is 0.412. The van der Waals surface area contributed by atoms with E-state index < -0.39 is 5.91 Å². The normalized spacial score (nSPS) is 10.9. The summed E-state index contributed by atoms with van der Waals surface area (Å²) in [6.07, 6.45) is 5.45. The number of aryl methyl sites for hydroxylation is 1. The molecule has 0 aliphatic carbocycles. The maximum atomic E-state index is 12.7. The van der Waals surface area contributed by atoms with Crippen LogP contribution in [0.2, 0.25) is 0 Å². The smallest absolute Gasteiger partial charge is 0.272 e. The van der Waals surface area contributed by atoms with E-state index in [1.807, 2.05) is 29.7 Å². The number of nitrogens with two attached hydrogens (primary N) is 2. The van der Waals surface area contributed by atoms with Crippen molar-refractivity contribution in [3.05, 3.63) is 40.2 Å². The molecule has 1 heterocycles. The number of benzene rings is 1. The summed E-state index contributed by atoms with van der Waals surface area (Å²) in [5.74, 6) is 4.53. The summed E-state index contributed by atoms with van der Waals surface area (Å²) < 4.78 is 1.63. The van der Waals surface area contributed by atoms with E-state index in [1.165, 1.54) is 12.8 Å². The minimum absolute atomic E-state index is 0.0836. The highest BCUT2D eigenvalue weighted by atomic mass is 16.2. The first-order valence-electron chi connectivity index (χ1n) is 8.03. The zero-order valence-electron chi connectivity index (χ0n) is 13.5. The van der Waals surface area contributed by atoms with Crippen LogP contribution in [0.1, 0.15) is 49.4 Å². The average molecular weight is 316 g/mol. The van der Waals surface area contributed by atoms with Gasteiger partial charge in [0.15, 0.2) is 0 Å². The Kier molecular flexibility index (Phi) is 5.76. The second-order valence-electron chi connectivity index (χ2n) is 5.65. The number of anilines is 1. The third-order valence-electron chi connectivity index (χ3n) is 4.06. The van der Waals surface area contributed by atoms with Crippen molar-refractivity contribution in [2.75, 3.05) is 5.73 Å². The Balaban J connectivity index is 2.45. The topological polar surface area (TPSA) is 103 Å². The number of rotatable bonds is 7. The summed E-state index contributed by atoms with van der Waals surface area (Å²) in [6.45, 7) is 2.73. The maximum Gasteiger partial charge on any atom is 0.272 e. The lowest BCUT2D eigenvalue weighted by molar-refractivity contribution is 0.0952. The van der Waals surface area contributed by atoms with E-state index in [-0.39, 0.29) is 16.8 Å². The number of fused-ring (bicyclic) bond motifs is 1. The van der Waals surface area contributed by atoms with E-state index in [9.17, 15) is 9.59 Å². The minimum Gasteiger partial charge on any atom is -0.397 e. The number of hydrogen-bond donors (Lipinski definition) is 3. The Hall–Kier alpha value is -2.34. The lowest BCUT2D eigenvalue weighted by atomic mass is 10.1. The van der Waals surface area contributed by atoms with Crippen LogP contribution in [-0.2, 0) is 6.54 Å². The highest BCUT2D eigenvalue weighted by molar-refractivity contribution is 6.06. The van der Waals surface area contributed by atoms with Crippen LogP contribution < -0.4 is 22.6 Å². The Labute approximate surface area is 135 Å². The molecule has 0 radical (unpaired) electrons. The molecule has 0 atom stereocenters. The zero-order valence-corrected chi connectivity index (χ0v) is 13.5. The number of pyridine rings is 1. The van der Waals surface area contributed by atoms with Crippen LogP contribution in [0.3, 0.4) is 0 Å². The molecule has 2 aromatic rings. The van der Waals surface area contributed by atoms with E-state index in [0.29, 0.717) is 11.9 Å². The van der Waals surface area contributed by atoms with Gasteiger partial charge in [-0.15, -0.1) is 0 Å². The number of carbonyl (C=O) groups is 1. The van der Waals surface area contributed by atoms with Crippen LogP contribution in [0.4, 0.5) is 5.69 Å². The van der Waals surface area contributed by atoms with Gasteiger partial charge in [-0.2, -0.15) is 0 Å². The first-order chi connectivity index (χ1) is 11.1. The van der Waals surface area contributed by atoms with Crippen molar-refractivity contribution < 1.29 is 4.79 Å². The molecule has 0 bridgehead atoms. The molecule has 0 spiro atoms. The van der Waals surface area contributed by atoms with Gasteiger partial charge in [-0.05, 0) is 12.5 Å². The lowest BCUT2D eigenvalue weighted by Gasteiger charge is -2.15. The molecule has 0 saturated carbocycles. The van der Waals surface area contributed by atoms with Crippen molar-refractivity contribution in [2.24, 2.45) is 5.84 Å². The Morgan fingerprint density at radius 1 is 1.17 bits per heavy atom. The SMILES string of the molecule is CCCCCCCn1c(=O)c(C(=O)NN)c(N)c2ccccc21. The van der Waals surface area contributed by atoms with E-state index in [4.69, 9.17) is 11.6 Å². The molecule has 23 heavy (non-hydrogen) atoms.